The van der Waals surface area contributed by atoms with E-state index in [1.807, 2.05) is 25.1 Å². The molecular weight excluding hydrogens is 348 g/mol. The van der Waals surface area contributed by atoms with Gasteiger partial charge in [-0.25, -0.2) is 9.78 Å². The molecule has 0 saturated carbocycles. The van der Waals surface area contributed by atoms with Crippen LogP contribution in [0, 0.1) is 0 Å². The predicted octanol–water partition coefficient (Wildman–Crippen LogP) is 3.77. The van der Waals surface area contributed by atoms with Crippen molar-refractivity contribution in [2.45, 2.75) is 38.6 Å². The quantitative estimate of drug-likeness (QED) is 0.745. The van der Waals surface area contributed by atoms with Gasteiger partial charge < -0.3 is 10.4 Å². The predicted molar refractivity (Wildman–Crippen MR) is 95.4 cm³/mol. The number of aliphatic carboxylic acids is 1. The zero-order chi connectivity index (χ0) is 17.5. The van der Waals surface area contributed by atoms with Crippen molar-refractivity contribution in [2.75, 3.05) is 0 Å². The molecule has 2 aromatic rings. The van der Waals surface area contributed by atoms with Crippen molar-refractivity contribution >= 4 is 34.8 Å². The van der Waals surface area contributed by atoms with Gasteiger partial charge in [-0.15, -0.1) is 11.3 Å². The van der Waals surface area contributed by atoms with E-state index >= 15 is 0 Å². The Balaban J connectivity index is 2.00. The Morgan fingerprint density at radius 1 is 1.38 bits per heavy atom. The van der Waals surface area contributed by atoms with Gasteiger partial charge in [0.1, 0.15) is 11.0 Å². The number of unbranched alkanes of at least 4 members (excludes halogenated alkanes) is 1. The SMILES string of the molecule is CCCCC(NC(=O)Cc1csc(-c2ccccc2Cl)n1)C(=O)O. The smallest absolute Gasteiger partial charge is 0.326 e. The fourth-order valence-corrected chi connectivity index (χ4v) is 3.36. The van der Waals surface area contributed by atoms with Crippen molar-refractivity contribution < 1.29 is 14.7 Å². The van der Waals surface area contributed by atoms with Crippen LogP contribution in [0.15, 0.2) is 29.6 Å². The molecule has 1 aromatic carbocycles. The average molecular weight is 367 g/mol. The Morgan fingerprint density at radius 2 is 2.12 bits per heavy atom. The summed E-state index contributed by atoms with van der Waals surface area (Å²) >= 11 is 7.55. The second-order valence-electron chi connectivity index (χ2n) is 5.40. The number of aromatic nitrogens is 1. The molecule has 2 rings (SSSR count). The summed E-state index contributed by atoms with van der Waals surface area (Å²) in [7, 11) is 0. The molecule has 1 heterocycles. The summed E-state index contributed by atoms with van der Waals surface area (Å²) in [5.74, 6) is -1.35. The molecule has 1 aromatic heterocycles. The highest BCUT2D eigenvalue weighted by Crippen LogP contribution is 2.30. The van der Waals surface area contributed by atoms with Gasteiger partial charge in [0.05, 0.1) is 17.1 Å². The third-order valence-electron chi connectivity index (χ3n) is 3.48. The monoisotopic (exact) mass is 366 g/mol. The minimum Gasteiger partial charge on any atom is -0.480 e. The number of rotatable bonds is 8. The molecule has 1 unspecified atom stereocenters. The fraction of sp³-hybridized carbons (Fsp3) is 0.353. The molecule has 128 valence electrons. The van der Waals surface area contributed by atoms with Gasteiger partial charge in [0.15, 0.2) is 0 Å². The molecule has 0 aliphatic rings. The molecule has 0 radical (unpaired) electrons. The van der Waals surface area contributed by atoms with Crippen LogP contribution in [0.1, 0.15) is 31.9 Å². The van der Waals surface area contributed by atoms with E-state index in [4.69, 9.17) is 16.7 Å². The zero-order valence-electron chi connectivity index (χ0n) is 13.3. The number of hydrogen-bond donors (Lipinski definition) is 2. The van der Waals surface area contributed by atoms with E-state index in [9.17, 15) is 9.59 Å². The lowest BCUT2D eigenvalue weighted by atomic mass is 10.1. The van der Waals surface area contributed by atoms with Crippen molar-refractivity contribution in [1.29, 1.82) is 0 Å². The maximum atomic E-state index is 12.1. The largest absolute Gasteiger partial charge is 0.480 e. The highest BCUT2D eigenvalue weighted by Gasteiger charge is 2.20. The maximum absolute atomic E-state index is 12.1. The van der Waals surface area contributed by atoms with Crippen LogP contribution < -0.4 is 5.32 Å². The number of carboxylic acids is 1. The molecule has 0 bridgehead atoms. The van der Waals surface area contributed by atoms with Crippen molar-refractivity contribution in [3.8, 4) is 10.6 Å². The molecule has 1 amide bonds. The number of hydrogen-bond acceptors (Lipinski definition) is 4. The summed E-state index contributed by atoms with van der Waals surface area (Å²) < 4.78 is 0. The second-order valence-corrected chi connectivity index (χ2v) is 6.67. The molecule has 5 nitrogen and oxygen atoms in total. The van der Waals surface area contributed by atoms with Crippen molar-refractivity contribution in [3.63, 3.8) is 0 Å². The zero-order valence-corrected chi connectivity index (χ0v) is 14.9. The van der Waals surface area contributed by atoms with Crippen LogP contribution in [0.3, 0.4) is 0 Å². The Kier molecular flexibility index (Phi) is 6.75. The van der Waals surface area contributed by atoms with E-state index in [1.165, 1.54) is 11.3 Å². The normalized spacial score (nSPS) is 11.9. The van der Waals surface area contributed by atoms with Gasteiger partial charge in [-0.2, -0.15) is 0 Å². The van der Waals surface area contributed by atoms with Gasteiger partial charge >= 0.3 is 5.97 Å². The molecular formula is C17H19ClN2O3S. The van der Waals surface area contributed by atoms with E-state index in [1.54, 1.807) is 11.4 Å². The number of amides is 1. The summed E-state index contributed by atoms with van der Waals surface area (Å²) in [4.78, 5) is 27.7. The highest BCUT2D eigenvalue weighted by atomic mass is 35.5. The van der Waals surface area contributed by atoms with Gasteiger partial charge in [-0.1, -0.05) is 49.6 Å². The van der Waals surface area contributed by atoms with E-state index < -0.39 is 12.0 Å². The van der Waals surface area contributed by atoms with Crippen LogP contribution in [0.2, 0.25) is 5.02 Å². The summed E-state index contributed by atoms with van der Waals surface area (Å²) in [5, 5.41) is 14.9. The number of nitrogens with one attached hydrogen (secondary N) is 1. The van der Waals surface area contributed by atoms with Gasteiger partial charge in [0.2, 0.25) is 5.91 Å². The highest BCUT2D eigenvalue weighted by molar-refractivity contribution is 7.13. The van der Waals surface area contributed by atoms with E-state index in [0.717, 1.165) is 23.4 Å². The number of nitrogens with zero attached hydrogens (tertiary/aromatic N) is 1. The third kappa shape index (κ3) is 5.04. The molecule has 0 spiro atoms. The van der Waals surface area contributed by atoms with Gasteiger partial charge in [-0.3, -0.25) is 4.79 Å². The molecule has 0 aliphatic carbocycles. The minimum absolute atomic E-state index is 0.0524. The second kappa shape index (κ2) is 8.80. The average Bonchev–Trinajstić information content (AvgIpc) is 2.99. The molecule has 0 fully saturated rings. The van der Waals surface area contributed by atoms with Crippen molar-refractivity contribution in [3.05, 3.63) is 40.4 Å². The first-order valence-electron chi connectivity index (χ1n) is 7.72. The summed E-state index contributed by atoms with van der Waals surface area (Å²) in [6.07, 6.45) is 2.12. The summed E-state index contributed by atoms with van der Waals surface area (Å²) in [5.41, 5.74) is 1.43. The third-order valence-corrected chi connectivity index (χ3v) is 4.73. The molecule has 0 saturated heterocycles. The van der Waals surface area contributed by atoms with Crippen LogP contribution in [0.5, 0.6) is 0 Å². The topological polar surface area (TPSA) is 79.3 Å². The van der Waals surface area contributed by atoms with Crippen LogP contribution in [0.4, 0.5) is 0 Å². The summed E-state index contributed by atoms with van der Waals surface area (Å²) in [6, 6.07) is 6.53. The molecule has 2 N–H and O–H groups in total. The number of halogens is 1. The molecule has 7 heteroatoms. The number of benzene rings is 1. The Hall–Kier alpha value is -1.92. The Morgan fingerprint density at radius 3 is 2.79 bits per heavy atom. The number of thiazole rings is 1. The minimum atomic E-state index is -1.01. The molecule has 1 atom stereocenters. The first-order valence-corrected chi connectivity index (χ1v) is 8.98. The lowest BCUT2D eigenvalue weighted by Gasteiger charge is -2.13. The van der Waals surface area contributed by atoms with Crippen LogP contribution in [-0.2, 0) is 16.0 Å². The number of carboxylic acid groups (broad SMARTS) is 1. The maximum Gasteiger partial charge on any atom is 0.326 e. The summed E-state index contributed by atoms with van der Waals surface area (Å²) in [6.45, 7) is 1.98. The fourth-order valence-electron chi connectivity index (χ4n) is 2.22. The van der Waals surface area contributed by atoms with E-state index in [0.29, 0.717) is 17.1 Å². The van der Waals surface area contributed by atoms with E-state index in [2.05, 4.69) is 10.3 Å². The van der Waals surface area contributed by atoms with Gasteiger partial charge in [-0.05, 0) is 12.5 Å². The molecule has 24 heavy (non-hydrogen) atoms. The van der Waals surface area contributed by atoms with Crippen LogP contribution >= 0.6 is 22.9 Å². The Labute approximate surface area is 149 Å². The molecule has 0 aliphatic heterocycles. The van der Waals surface area contributed by atoms with Crippen LogP contribution in [0.25, 0.3) is 10.6 Å². The lowest BCUT2D eigenvalue weighted by Crippen LogP contribution is -2.41. The van der Waals surface area contributed by atoms with Crippen LogP contribution in [-0.4, -0.2) is 28.0 Å². The van der Waals surface area contributed by atoms with E-state index in [-0.39, 0.29) is 12.3 Å². The van der Waals surface area contributed by atoms with Crippen molar-refractivity contribution in [2.24, 2.45) is 0 Å². The lowest BCUT2D eigenvalue weighted by molar-refractivity contribution is -0.142. The number of carbonyl (C=O) groups is 2. The van der Waals surface area contributed by atoms with Gasteiger partial charge in [0.25, 0.3) is 0 Å². The van der Waals surface area contributed by atoms with Crippen molar-refractivity contribution in [1.82, 2.24) is 10.3 Å². The van der Waals surface area contributed by atoms with Gasteiger partial charge in [0, 0.05) is 10.9 Å². The standard InChI is InChI=1S/C17H19ClN2O3S/c1-2-3-8-14(17(22)23)20-15(21)9-11-10-24-16(19-11)12-6-4-5-7-13(12)18/h4-7,10,14H,2-3,8-9H2,1H3,(H,20,21)(H,22,23). The first kappa shape index (κ1) is 18.4. The first-order chi connectivity index (χ1) is 11.5. The Bertz CT molecular complexity index is 717. The number of carbonyl (C=O) groups excluding carboxylic acids is 1.